The van der Waals surface area contributed by atoms with Gasteiger partial charge in [-0.25, -0.2) is 9.18 Å². The molecule has 0 bridgehead atoms. The Labute approximate surface area is 207 Å². The van der Waals surface area contributed by atoms with Crippen molar-refractivity contribution >= 4 is 40.6 Å². The van der Waals surface area contributed by atoms with Gasteiger partial charge >= 0.3 is 6.03 Å². The van der Waals surface area contributed by atoms with Gasteiger partial charge in [-0.2, -0.15) is 4.99 Å². The third kappa shape index (κ3) is 4.06. The summed E-state index contributed by atoms with van der Waals surface area (Å²) in [6.07, 6.45) is 0.445. The minimum atomic E-state index is -0.933. The number of carbonyl (C=O) groups is 1. The Morgan fingerprint density at radius 3 is 2.68 bits per heavy atom. The lowest BCUT2D eigenvalue weighted by Gasteiger charge is -2.47. The molecule has 1 fully saturated rings. The Hall–Kier alpha value is -2.93. The van der Waals surface area contributed by atoms with E-state index in [9.17, 15) is 9.18 Å². The SMILES string of the molecule is O=C1N=C(Cc2ccccc2)C2(CCNCC2Oc2cccc(Cl)c2Cl)N1c1cccc(F)c1. The molecule has 1 N–H and O–H groups in total. The molecule has 2 atom stereocenters. The van der Waals surface area contributed by atoms with Crippen LogP contribution in [0.25, 0.3) is 0 Å². The average molecular weight is 498 g/mol. The quantitative estimate of drug-likeness (QED) is 0.474. The number of benzene rings is 3. The minimum absolute atomic E-state index is 0.299. The van der Waals surface area contributed by atoms with Crippen LogP contribution in [-0.4, -0.2) is 36.5 Å². The van der Waals surface area contributed by atoms with E-state index in [-0.39, 0.29) is 0 Å². The number of hydrogen-bond donors (Lipinski definition) is 1. The van der Waals surface area contributed by atoms with Crippen LogP contribution in [-0.2, 0) is 6.42 Å². The standard InChI is InChI=1S/C26H22Cl2FN3O2/c27-20-10-5-11-21(24(20)28)34-23-16-30-13-12-26(23)22(14-17-6-2-1-3-7-17)31-25(33)32(26)19-9-4-8-18(29)15-19/h1-11,15,23,30H,12-14,16H2. The van der Waals surface area contributed by atoms with Crippen LogP contribution in [0.3, 0.4) is 0 Å². The predicted octanol–water partition coefficient (Wildman–Crippen LogP) is 5.94. The second kappa shape index (κ2) is 9.37. The molecule has 5 rings (SSSR count). The first kappa shape index (κ1) is 22.8. The third-order valence-corrected chi connectivity index (χ3v) is 7.13. The largest absolute Gasteiger partial charge is 0.485 e. The average Bonchev–Trinajstić information content (AvgIpc) is 3.10. The molecule has 2 aliphatic rings. The molecule has 5 nitrogen and oxygen atoms in total. The topological polar surface area (TPSA) is 53.9 Å². The number of urea groups is 1. The molecule has 0 aromatic heterocycles. The first-order valence-corrected chi connectivity index (χ1v) is 11.8. The molecule has 3 aromatic carbocycles. The van der Waals surface area contributed by atoms with Crippen molar-refractivity contribution in [3.05, 3.63) is 94.2 Å². The predicted molar refractivity (Wildman–Crippen MR) is 133 cm³/mol. The van der Waals surface area contributed by atoms with Crippen molar-refractivity contribution in [1.29, 1.82) is 0 Å². The Morgan fingerprint density at radius 2 is 1.88 bits per heavy atom. The Bertz CT molecular complexity index is 1250. The molecule has 0 saturated carbocycles. The van der Waals surface area contributed by atoms with Gasteiger partial charge in [-0.05, 0) is 48.9 Å². The fourth-order valence-electron chi connectivity index (χ4n) is 4.80. The zero-order valence-electron chi connectivity index (χ0n) is 18.2. The van der Waals surface area contributed by atoms with Crippen molar-refractivity contribution in [3.63, 3.8) is 0 Å². The number of rotatable bonds is 5. The van der Waals surface area contributed by atoms with Crippen molar-refractivity contribution in [2.75, 3.05) is 18.0 Å². The van der Waals surface area contributed by atoms with E-state index in [0.29, 0.717) is 53.1 Å². The first-order chi connectivity index (χ1) is 16.5. The van der Waals surface area contributed by atoms with Gasteiger partial charge in [-0.15, -0.1) is 0 Å². The maximum Gasteiger partial charge on any atom is 0.348 e. The molecule has 1 saturated heterocycles. The molecular weight excluding hydrogens is 476 g/mol. The van der Waals surface area contributed by atoms with Crippen LogP contribution >= 0.6 is 23.2 Å². The van der Waals surface area contributed by atoms with Crippen LogP contribution in [0.4, 0.5) is 14.9 Å². The van der Waals surface area contributed by atoms with E-state index in [4.69, 9.17) is 27.9 Å². The normalized spacial score (nSPS) is 22.2. The van der Waals surface area contributed by atoms with Gasteiger partial charge in [0.25, 0.3) is 0 Å². The number of ether oxygens (including phenoxy) is 1. The third-order valence-electron chi connectivity index (χ3n) is 6.33. The van der Waals surface area contributed by atoms with Crippen molar-refractivity contribution < 1.29 is 13.9 Å². The molecule has 0 radical (unpaired) electrons. The number of amides is 2. The molecule has 8 heteroatoms. The number of anilines is 1. The van der Waals surface area contributed by atoms with Gasteiger partial charge in [0.15, 0.2) is 0 Å². The molecule has 174 valence electrons. The Kier molecular flexibility index (Phi) is 6.30. The van der Waals surface area contributed by atoms with E-state index >= 15 is 0 Å². The van der Waals surface area contributed by atoms with Crippen molar-refractivity contribution in [2.45, 2.75) is 24.5 Å². The number of nitrogens with zero attached hydrogens (tertiary/aromatic N) is 2. The van der Waals surface area contributed by atoms with Gasteiger partial charge in [-0.1, -0.05) is 65.7 Å². The molecular formula is C26H22Cl2FN3O2. The van der Waals surface area contributed by atoms with Crippen LogP contribution in [0.15, 0.2) is 77.8 Å². The lowest BCUT2D eigenvalue weighted by molar-refractivity contribution is 0.116. The molecule has 0 aliphatic carbocycles. The van der Waals surface area contributed by atoms with Crippen LogP contribution in [0.1, 0.15) is 12.0 Å². The summed E-state index contributed by atoms with van der Waals surface area (Å²) in [5.41, 5.74) is 1.20. The van der Waals surface area contributed by atoms with Gasteiger partial charge in [0.05, 0.1) is 10.7 Å². The summed E-state index contributed by atoms with van der Waals surface area (Å²) in [4.78, 5) is 19.4. The molecule has 1 spiro atoms. The highest BCUT2D eigenvalue weighted by Crippen LogP contribution is 2.42. The van der Waals surface area contributed by atoms with E-state index in [1.807, 2.05) is 30.3 Å². The summed E-state index contributed by atoms with van der Waals surface area (Å²) >= 11 is 12.7. The Balaban J connectivity index is 1.63. The summed E-state index contributed by atoms with van der Waals surface area (Å²) in [5.74, 6) is -0.0129. The lowest BCUT2D eigenvalue weighted by atomic mass is 9.77. The summed E-state index contributed by atoms with van der Waals surface area (Å²) in [5, 5.41) is 4.03. The van der Waals surface area contributed by atoms with Crippen LogP contribution in [0.2, 0.25) is 10.0 Å². The molecule has 2 heterocycles. The van der Waals surface area contributed by atoms with Gasteiger partial charge in [-0.3, -0.25) is 4.90 Å². The molecule has 2 amide bonds. The number of nitrogens with one attached hydrogen (secondary N) is 1. The van der Waals surface area contributed by atoms with E-state index in [1.165, 1.54) is 12.1 Å². The monoisotopic (exact) mass is 497 g/mol. The van der Waals surface area contributed by atoms with Gasteiger partial charge in [0.1, 0.15) is 28.2 Å². The van der Waals surface area contributed by atoms with Crippen molar-refractivity contribution in [3.8, 4) is 5.75 Å². The fourth-order valence-corrected chi connectivity index (χ4v) is 5.13. The number of halogens is 3. The smallest absolute Gasteiger partial charge is 0.348 e. The second-order valence-electron chi connectivity index (χ2n) is 8.36. The zero-order valence-corrected chi connectivity index (χ0v) is 19.7. The summed E-state index contributed by atoms with van der Waals surface area (Å²) in [6, 6.07) is 20.6. The van der Waals surface area contributed by atoms with Crippen LogP contribution < -0.4 is 15.0 Å². The minimum Gasteiger partial charge on any atom is -0.485 e. The van der Waals surface area contributed by atoms with E-state index in [2.05, 4.69) is 10.3 Å². The number of piperidine rings is 1. The van der Waals surface area contributed by atoms with E-state index in [0.717, 1.165) is 5.56 Å². The van der Waals surface area contributed by atoms with Crippen molar-refractivity contribution in [2.24, 2.45) is 4.99 Å². The maximum absolute atomic E-state index is 14.2. The number of aliphatic imine (C=N–C) groups is 1. The molecule has 34 heavy (non-hydrogen) atoms. The lowest BCUT2D eigenvalue weighted by Crippen LogP contribution is -2.68. The highest BCUT2D eigenvalue weighted by molar-refractivity contribution is 6.42. The molecule has 2 aliphatic heterocycles. The van der Waals surface area contributed by atoms with Gasteiger partial charge in [0, 0.05) is 18.7 Å². The van der Waals surface area contributed by atoms with Crippen LogP contribution in [0, 0.1) is 5.82 Å². The summed E-state index contributed by atoms with van der Waals surface area (Å²) in [7, 11) is 0. The highest BCUT2D eigenvalue weighted by atomic mass is 35.5. The number of hydrogen-bond acceptors (Lipinski definition) is 3. The van der Waals surface area contributed by atoms with Gasteiger partial charge in [0.2, 0.25) is 0 Å². The first-order valence-electron chi connectivity index (χ1n) is 11.0. The summed E-state index contributed by atoms with van der Waals surface area (Å²) in [6.45, 7) is 1.08. The summed E-state index contributed by atoms with van der Waals surface area (Å²) < 4.78 is 20.7. The fraction of sp³-hybridized carbons (Fsp3) is 0.231. The van der Waals surface area contributed by atoms with Gasteiger partial charge < -0.3 is 10.1 Å². The highest BCUT2D eigenvalue weighted by Gasteiger charge is 2.57. The van der Waals surface area contributed by atoms with E-state index in [1.54, 1.807) is 35.2 Å². The van der Waals surface area contributed by atoms with E-state index < -0.39 is 23.5 Å². The van der Waals surface area contributed by atoms with Crippen molar-refractivity contribution in [1.82, 2.24) is 5.32 Å². The number of carbonyl (C=O) groups excluding carboxylic acids is 1. The second-order valence-corrected chi connectivity index (χ2v) is 9.14. The zero-order chi connectivity index (χ0) is 23.7. The molecule has 3 aromatic rings. The molecule has 2 unspecified atom stereocenters. The maximum atomic E-state index is 14.2. The van der Waals surface area contributed by atoms with Crippen LogP contribution in [0.5, 0.6) is 5.75 Å². The Morgan fingerprint density at radius 1 is 1.09 bits per heavy atom.